The van der Waals surface area contributed by atoms with Gasteiger partial charge in [-0.3, -0.25) is 0 Å². The van der Waals surface area contributed by atoms with E-state index in [1.807, 2.05) is 59.3 Å². The number of nitrogens with zero attached hydrogens (tertiary/aromatic N) is 2. The van der Waals surface area contributed by atoms with Gasteiger partial charge in [-0.25, -0.2) is 4.98 Å². The average Bonchev–Trinajstić information content (AvgIpc) is 3.25. The predicted molar refractivity (Wildman–Crippen MR) is 115 cm³/mol. The van der Waals surface area contributed by atoms with Gasteiger partial charge in [0.1, 0.15) is 12.7 Å². The van der Waals surface area contributed by atoms with E-state index < -0.39 is 0 Å². The van der Waals surface area contributed by atoms with Crippen LogP contribution in [0, 0.1) is 0 Å². The monoisotopic (exact) mass is 412 g/mol. The molecular formula is C23H25ClN2O3. The summed E-state index contributed by atoms with van der Waals surface area (Å²) in [5, 5.41) is 0.707. The van der Waals surface area contributed by atoms with Crippen LogP contribution in [0.3, 0.4) is 0 Å². The van der Waals surface area contributed by atoms with Crippen LogP contribution >= 0.6 is 11.6 Å². The minimum absolute atomic E-state index is 0.169. The highest BCUT2D eigenvalue weighted by molar-refractivity contribution is 6.30. The number of aromatic nitrogens is 2. The summed E-state index contributed by atoms with van der Waals surface area (Å²) in [5.74, 6) is 1.38. The Labute approximate surface area is 176 Å². The molecule has 6 heteroatoms. The predicted octanol–water partition coefficient (Wildman–Crippen LogP) is 4.94. The van der Waals surface area contributed by atoms with E-state index in [1.165, 1.54) is 0 Å². The van der Waals surface area contributed by atoms with Gasteiger partial charge in [0.15, 0.2) is 11.5 Å². The van der Waals surface area contributed by atoms with Crippen LogP contribution < -0.4 is 9.47 Å². The molecule has 0 saturated carbocycles. The second-order valence-electron chi connectivity index (χ2n) is 6.61. The lowest BCUT2D eigenvalue weighted by Crippen LogP contribution is -2.27. The molecule has 3 rings (SSSR count). The van der Waals surface area contributed by atoms with E-state index in [-0.39, 0.29) is 6.10 Å². The van der Waals surface area contributed by atoms with Gasteiger partial charge in [-0.15, -0.1) is 6.58 Å². The fourth-order valence-corrected chi connectivity index (χ4v) is 3.01. The van der Waals surface area contributed by atoms with Crippen LogP contribution in [0.2, 0.25) is 5.02 Å². The number of hydrogen-bond donors (Lipinski definition) is 0. The normalized spacial score (nSPS) is 11.8. The third kappa shape index (κ3) is 6.38. The van der Waals surface area contributed by atoms with Gasteiger partial charge in [-0.05, 0) is 41.8 Å². The fraction of sp³-hybridized carbons (Fsp3) is 0.261. The maximum absolute atomic E-state index is 6.13. The second-order valence-corrected chi connectivity index (χ2v) is 7.04. The molecule has 1 heterocycles. The zero-order valence-corrected chi connectivity index (χ0v) is 17.2. The largest absolute Gasteiger partial charge is 0.493 e. The number of imidazole rings is 1. The number of halogens is 1. The third-order valence-electron chi connectivity index (χ3n) is 4.41. The number of methoxy groups -OCH3 is 1. The molecule has 1 unspecified atom stereocenters. The van der Waals surface area contributed by atoms with E-state index in [0.29, 0.717) is 36.3 Å². The van der Waals surface area contributed by atoms with Crippen LogP contribution in [-0.2, 0) is 24.3 Å². The zero-order valence-electron chi connectivity index (χ0n) is 16.5. The third-order valence-corrected chi connectivity index (χ3v) is 4.66. The summed E-state index contributed by atoms with van der Waals surface area (Å²) in [5.41, 5.74) is 2.18. The van der Waals surface area contributed by atoms with E-state index in [2.05, 4.69) is 11.6 Å². The van der Waals surface area contributed by atoms with Gasteiger partial charge in [0.05, 0.1) is 26.6 Å². The molecule has 0 spiro atoms. The van der Waals surface area contributed by atoms with Gasteiger partial charge in [-0.2, -0.15) is 0 Å². The molecule has 5 nitrogen and oxygen atoms in total. The van der Waals surface area contributed by atoms with Gasteiger partial charge in [0, 0.05) is 17.4 Å². The van der Waals surface area contributed by atoms with Crippen molar-refractivity contribution in [2.75, 3.05) is 13.7 Å². The lowest BCUT2D eigenvalue weighted by molar-refractivity contribution is -0.00102. The van der Waals surface area contributed by atoms with Crippen LogP contribution in [0.25, 0.3) is 0 Å². The highest BCUT2D eigenvalue weighted by Gasteiger charge is 2.14. The van der Waals surface area contributed by atoms with Crippen molar-refractivity contribution in [1.82, 2.24) is 9.55 Å². The van der Waals surface area contributed by atoms with Gasteiger partial charge in [0.2, 0.25) is 0 Å². The topological polar surface area (TPSA) is 45.5 Å². The second kappa shape index (κ2) is 10.7. The van der Waals surface area contributed by atoms with E-state index >= 15 is 0 Å². The van der Waals surface area contributed by atoms with Crippen molar-refractivity contribution in [3.05, 3.63) is 90.0 Å². The summed E-state index contributed by atoms with van der Waals surface area (Å²) < 4.78 is 19.6. The molecule has 0 amide bonds. The molecule has 0 bridgehead atoms. The number of rotatable bonds is 11. The lowest BCUT2D eigenvalue weighted by Gasteiger charge is -2.20. The quantitative estimate of drug-likeness (QED) is 0.418. The van der Waals surface area contributed by atoms with Crippen molar-refractivity contribution in [3.8, 4) is 11.5 Å². The smallest absolute Gasteiger partial charge is 0.161 e. The first-order chi connectivity index (χ1) is 14.2. The Balaban J connectivity index is 1.66. The maximum atomic E-state index is 6.13. The van der Waals surface area contributed by atoms with Crippen molar-refractivity contribution in [3.63, 3.8) is 0 Å². The molecule has 3 aromatic rings. The standard InChI is InChI=1S/C23H25ClN2O3/c1-3-4-18-7-10-22(23(13-18)27-2)29-16-21(14-26-12-11-25-17-26)28-15-19-5-8-20(24)9-6-19/h3,5-13,17,21H,1,4,14-16H2,2H3. The van der Waals surface area contributed by atoms with Gasteiger partial charge < -0.3 is 18.8 Å². The Kier molecular flexibility index (Phi) is 7.73. The first-order valence-corrected chi connectivity index (χ1v) is 9.78. The molecule has 1 atom stereocenters. The van der Waals surface area contributed by atoms with E-state index in [1.54, 1.807) is 19.6 Å². The molecular weight excluding hydrogens is 388 g/mol. The van der Waals surface area contributed by atoms with Crippen LogP contribution in [0.5, 0.6) is 11.5 Å². The van der Waals surface area contributed by atoms with Crippen molar-refractivity contribution in [2.24, 2.45) is 0 Å². The van der Waals surface area contributed by atoms with Gasteiger partial charge in [0.25, 0.3) is 0 Å². The van der Waals surface area contributed by atoms with Gasteiger partial charge >= 0.3 is 0 Å². The first-order valence-electron chi connectivity index (χ1n) is 9.40. The summed E-state index contributed by atoms with van der Waals surface area (Å²) in [6.07, 6.45) is 7.90. The Hall–Kier alpha value is -2.76. The Bertz CT molecular complexity index is 895. The summed E-state index contributed by atoms with van der Waals surface area (Å²) in [4.78, 5) is 4.10. The Morgan fingerprint density at radius 2 is 1.93 bits per heavy atom. The van der Waals surface area contributed by atoms with Crippen molar-refractivity contribution >= 4 is 11.6 Å². The van der Waals surface area contributed by atoms with Crippen molar-refractivity contribution in [2.45, 2.75) is 25.7 Å². The van der Waals surface area contributed by atoms with Crippen LogP contribution in [0.1, 0.15) is 11.1 Å². The van der Waals surface area contributed by atoms with Crippen molar-refractivity contribution < 1.29 is 14.2 Å². The average molecular weight is 413 g/mol. The maximum Gasteiger partial charge on any atom is 0.161 e. The summed E-state index contributed by atoms with van der Waals surface area (Å²) in [6.45, 7) is 5.25. The summed E-state index contributed by atoms with van der Waals surface area (Å²) in [7, 11) is 1.64. The number of ether oxygens (including phenoxy) is 3. The first kappa shape index (κ1) is 21.0. The molecule has 0 aliphatic rings. The molecule has 0 saturated heterocycles. The van der Waals surface area contributed by atoms with Crippen LogP contribution in [0.15, 0.2) is 73.8 Å². The van der Waals surface area contributed by atoms with Crippen LogP contribution in [0.4, 0.5) is 0 Å². The lowest BCUT2D eigenvalue weighted by atomic mass is 10.1. The van der Waals surface area contributed by atoms with Crippen molar-refractivity contribution in [1.29, 1.82) is 0 Å². The summed E-state index contributed by atoms with van der Waals surface area (Å²) >= 11 is 5.96. The molecule has 0 fully saturated rings. The highest BCUT2D eigenvalue weighted by atomic mass is 35.5. The van der Waals surface area contributed by atoms with E-state index in [9.17, 15) is 0 Å². The number of benzene rings is 2. The van der Waals surface area contributed by atoms with E-state index in [4.69, 9.17) is 25.8 Å². The number of allylic oxidation sites excluding steroid dienone is 1. The fourth-order valence-electron chi connectivity index (χ4n) is 2.89. The zero-order chi connectivity index (χ0) is 20.5. The number of hydrogen-bond acceptors (Lipinski definition) is 4. The minimum atomic E-state index is -0.169. The highest BCUT2D eigenvalue weighted by Crippen LogP contribution is 2.28. The van der Waals surface area contributed by atoms with E-state index in [0.717, 1.165) is 17.5 Å². The SMILES string of the molecule is C=CCc1ccc(OCC(Cn2ccnc2)OCc2ccc(Cl)cc2)c(OC)c1. The molecule has 0 aliphatic heterocycles. The molecule has 2 aromatic carbocycles. The van der Waals surface area contributed by atoms with Gasteiger partial charge in [-0.1, -0.05) is 35.9 Å². The molecule has 0 N–H and O–H groups in total. The molecule has 0 radical (unpaired) electrons. The molecule has 29 heavy (non-hydrogen) atoms. The molecule has 1 aromatic heterocycles. The Morgan fingerprint density at radius 3 is 2.62 bits per heavy atom. The molecule has 152 valence electrons. The Morgan fingerprint density at radius 1 is 1.14 bits per heavy atom. The molecule has 0 aliphatic carbocycles. The minimum Gasteiger partial charge on any atom is -0.493 e. The summed E-state index contributed by atoms with van der Waals surface area (Å²) in [6, 6.07) is 13.5. The van der Waals surface area contributed by atoms with Crippen LogP contribution in [-0.4, -0.2) is 29.4 Å².